The smallest absolute Gasteiger partial charge is 0.243 e. The van der Waals surface area contributed by atoms with Gasteiger partial charge < -0.3 is 15.0 Å². The molecule has 1 aliphatic rings. The van der Waals surface area contributed by atoms with E-state index in [-0.39, 0.29) is 23.8 Å². The molecule has 2 heterocycles. The van der Waals surface area contributed by atoms with Crippen LogP contribution in [-0.4, -0.2) is 68.3 Å². The predicted octanol–water partition coefficient (Wildman–Crippen LogP) is 3.20. The highest BCUT2D eigenvalue weighted by Crippen LogP contribution is 2.29. The average Bonchev–Trinajstić information content (AvgIpc) is 3.21. The van der Waals surface area contributed by atoms with E-state index in [0.717, 1.165) is 12.2 Å². The number of ether oxygens (including phenoxy) is 1. The molecule has 33 heavy (non-hydrogen) atoms. The van der Waals surface area contributed by atoms with E-state index in [1.165, 1.54) is 21.2 Å². The van der Waals surface area contributed by atoms with Gasteiger partial charge in [-0.15, -0.1) is 0 Å². The molecule has 2 aromatic carbocycles. The number of rotatable bonds is 8. The van der Waals surface area contributed by atoms with Gasteiger partial charge >= 0.3 is 0 Å². The molecule has 1 fully saturated rings. The molecule has 176 valence electrons. The first-order valence-corrected chi connectivity index (χ1v) is 13.2. The summed E-state index contributed by atoms with van der Waals surface area (Å²) in [4.78, 5) is 19.1. The van der Waals surface area contributed by atoms with Gasteiger partial charge in [0.15, 0.2) is 5.13 Å². The van der Waals surface area contributed by atoms with Crippen LogP contribution in [0.1, 0.15) is 18.9 Å². The van der Waals surface area contributed by atoms with E-state index in [2.05, 4.69) is 22.1 Å². The van der Waals surface area contributed by atoms with E-state index in [0.29, 0.717) is 41.5 Å². The van der Waals surface area contributed by atoms with Crippen molar-refractivity contribution in [3.63, 3.8) is 0 Å². The minimum Gasteiger partial charge on any atom is -0.493 e. The molecule has 1 aliphatic heterocycles. The minimum absolute atomic E-state index is 0.189. The molecule has 0 radical (unpaired) electrons. The van der Waals surface area contributed by atoms with Crippen molar-refractivity contribution in [1.82, 2.24) is 14.2 Å². The number of benzene rings is 2. The third kappa shape index (κ3) is 5.70. The monoisotopic (exact) mass is 488 g/mol. The van der Waals surface area contributed by atoms with Crippen molar-refractivity contribution < 1.29 is 17.9 Å². The number of fused-ring (bicyclic) bond motifs is 1. The van der Waals surface area contributed by atoms with Crippen LogP contribution in [0.25, 0.3) is 10.2 Å². The van der Waals surface area contributed by atoms with E-state index >= 15 is 0 Å². The maximum Gasteiger partial charge on any atom is 0.243 e. The summed E-state index contributed by atoms with van der Waals surface area (Å²) in [6.07, 6.45) is 1.16. The zero-order valence-corrected chi connectivity index (χ0v) is 20.4. The lowest BCUT2D eigenvalue weighted by atomic mass is 10.2. The third-order valence-corrected chi connectivity index (χ3v) is 8.46. The number of carbonyl (C=O) groups is 1. The van der Waals surface area contributed by atoms with E-state index < -0.39 is 10.0 Å². The first-order valence-electron chi connectivity index (χ1n) is 11.0. The molecular weight excluding hydrogens is 460 g/mol. The number of carbonyl (C=O) groups excluding carboxylic acids is 1. The zero-order chi connectivity index (χ0) is 23.4. The largest absolute Gasteiger partial charge is 0.493 e. The highest BCUT2D eigenvalue weighted by molar-refractivity contribution is 7.89. The minimum atomic E-state index is -3.55. The van der Waals surface area contributed by atoms with Gasteiger partial charge in [-0.25, -0.2) is 13.4 Å². The Morgan fingerprint density at radius 1 is 1.12 bits per heavy atom. The van der Waals surface area contributed by atoms with Gasteiger partial charge in [-0.2, -0.15) is 4.31 Å². The number of anilines is 1. The molecule has 1 aromatic heterocycles. The molecule has 1 N–H and O–H groups in total. The molecule has 4 rings (SSSR count). The van der Waals surface area contributed by atoms with Gasteiger partial charge in [0.1, 0.15) is 5.75 Å². The number of amides is 1. The van der Waals surface area contributed by atoms with Crippen LogP contribution < -0.4 is 10.1 Å². The SMILES string of the molecule is CCc1ccc(OCCC(=O)Nc2nc3ccc(S(=O)(=O)N4CCN(C)CC4)cc3s2)cc1. The predicted molar refractivity (Wildman–Crippen MR) is 130 cm³/mol. The van der Waals surface area contributed by atoms with Gasteiger partial charge in [0.05, 0.1) is 28.1 Å². The van der Waals surface area contributed by atoms with Crippen molar-refractivity contribution in [2.75, 3.05) is 45.2 Å². The number of nitrogens with zero attached hydrogens (tertiary/aromatic N) is 3. The van der Waals surface area contributed by atoms with Crippen molar-refractivity contribution in [1.29, 1.82) is 0 Å². The molecule has 3 aromatic rings. The lowest BCUT2D eigenvalue weighted by molar-refractivity contribution is -0.116. The van der Waals surface area contributed by atoms with Gasteiger partial charge in [0, 0.05) is 26.2 Å². The molecule has 1 amide bonds. The van der Waals surface area contributed by atoms with Crippen LogP contribution in [-0.2, 0) is 21.2 Å². The Hall–Kier alpha value is -2.53. The Balaban J connectivity index is 1.36. The maximum absolute atomic E-state index is 13.0. The summed E-state index contributed by atoms with van der Waals surface area (Å²) >= 11 is 1.26. The van der Waals surface area contributed by atoms with Crippen LogP contribution in [0, 0.1) is 0 Å². The molecule has 10 heteroatoms. The molecule has 0 aliphatic carbocycles. The van der Waals surface area contributed by atoms with Gasteiger partial charge in [0.2, 0.25) is 15.9 Å². The Morgan fingerprint density at radius 3 is 2.55 bits per heavy atom. The highest BCUT2D eigenvalue weighted by Gasteiger charge is 2.27. The van der Waals surface area contributed by atoms with Crippen LogP contribution in [0.3, 0.4) is 0 Å². The van der Waals surface area contributed by atoms with Gasteiger partial charge in [-0.05, 0) is 49.4 Å². The maximum atomic E-state index is 13.0. The van der Waals surface area contributed by atoms with Crippen molar-refractivity contribution >= 4 is 42.6 Å². The molecule has 0 bridgehead atoms. The third-order valence-electron chi connectivity index (χ3n) is 5.64. The quantitative estimate of drug-likeness (QED) is 0.524. The average molecular weight is 489 g/mol. The summed E-state index contributed by atoms with van der Waals surface area (Å²) < 4.78 is 33.9. The van der Waals surface area contributed by atoms with Crippen molar-refractivity contribution in [3.8, 4) is 5.75 Å². The zero-order valence-electron chi connectivity index (χ0n) is 18.8. The molecule has 1 saturated heterocycles. The lowest BCUT2D eigenvalue weighted by Gasteiger charge is -2.31. The fourth-order valence-corrected chi connectivity index (χ4v) is 6.01. The number of likely N-dealkylation sites (N-methyl/N-ethyl adjacent to an activating group) is 1. The topological polar surface area (TPSA) is 91.8 Å². The molecule has 0 unspecified atom stereocenters. The second-order valence-electron chi connectivity index (χ2n) is 8.00. The number of hydrogen-bond acceptors (Lipinski definition) is 7. The van der Waals surface area contributed by atoms with Crippen LogP contribution in [0.15, 0.2) is 47.4 Å². The summed E-state index contributed by atoms with van der Waals surface area (Å²) in [6, 6.07) is 12.7. The summed E-state index contributed by atoms with van der Waals surface area (Å²) in [5.41, 5.74) is 1.88. The Bertz CT molecular complexity index is 1220. The fraction of sp³-hybridized carbons (Fsp3) is 0.391. The number of nitrogens with one attached hydrogen (secondary N) is 1. The first-order chi connectivity index (χ1) is 15.8. The number of piperazine rings is 1. The lowest BCUT2D eigenvalue weighted by Crippen LogP contribution is -2.46. The number of sulfonamides is 1. The van der Waals surface area contributed by atoms with E-state index in [9.17, 15) is 13.2 Å². The fourth-order valence-electron chi connectivity index (χ4n) is 3.56. The van der Waals surface area contributed by atoms with Gasteiger partial charge in [-0.1, -0.05) is 30.4 Å². The van der Waals surface area contributed by atoms with Crippen molar-refractivity contribution in [2.45, 2.75) is 24.7 Å². The number of thiazole rings is 1. The second-order valence-corrected chi connectivity index (χ2v) is 11.0. The second kappa shape index (κ2) is 10.2. The molecule has 0 atom stereocenters. The van der Waals surface area contributed by atoms with Crippen molar-refractivity contribution in [3.05, 3.63) is 48.0 Å². The molecule has 0 saturated carbocycles. The Kier molecular flexibility index (Phi) is 7.28. The Morgan fingerprint density at radius 2 is 1.85 bits per heavy atom. The summed E-state index contributed by atoms with van der Waals surface area (Å²) in [5.74, 6) is 0.526. The highest BCUT2D eigenvalue weighted by atomic mass is 32.2. The van der Waals surface area contributed by atoms with Gasteiger partial charge in [-0.3, -0.25) is 4.79 Å². The Labute approximate surface area is 198 Å². The van der Waals surface area contributed by atoms with Crippen LogP contribution >= 0.6 is 11.3 Å². The van der Waals surface area contributed by atoms with Crippen molar-refractivity contribution in [2.24, 2.45) is 0 Å². The number of aryl methyl sites for hydroxylation is 1. The van der Waals surface area contributed by atoms with Crippen LogP contribution in [0.4, 0.5) is 5.13 Å². The van der Waals surface area contributed by atoms with Crippen LogP contribution in [0.2, 0.25) is 0 Å². The standard InChI is InChI=1S/C23H28N4O4S2/c1-3-17-4-6-18(7-5-17)31-15-10-22(28)25-23-24-20-9-8-19(16-21(20)32-23)33(29,30)27-13-11-26(2)12-14-27/h4-9,16H,3,10-15H2,1-2H3,(H,24,25,28). The van der Waals surface area contributed by atoms with E-state index in [1.54, 1.807) is 18.2 Å². The van der Waals surface area contributed by atoms with Crippen LogP contribution in [0.5, 0.6) is 5.75 Å². The molecule has 0 spiro atoms. The number of hydrogen-bond donors (Lipinski definition) is 1. The van der Waals surface area contributed by atoms with E-state index in [4.69, 9.17) is 4.74 Å². The normalized spacial score (nSPS) is 15.6. The number of aromatic nitrogens is 1. The summed E-state index contributed by atoms with van der Waals surface area (Å²) in [5, 5.41) is 3.23. The molecule has 8 nitrogen and oxygen atoms in total. The summed E-state index contributed by atoms with van der Waals surface area (Å²) in [7, 11) is -1.57. The first kappa shape index (κ1) is 23.6. The molecular formula is C23H28N4O4S2. The van der Waals surface area contributed by atoms with E-state index in [1.807, 2.05) is 31.3 Å². The summed E-state index contributed by atoms with van der Waals surface area (Å²) in [6.45, 7) is 4.74. The van der Waals surface area contributed by atoms with Gasteiger partial charge in [0.25, 0.3) is 0 Å².